The van der Waals surface area contributed by atoms with Gasteiger partial charge in [-0.15, -0.1) is 0 Å². The van der Waals surface area contributed by atoms with Crippen LogP contribution in [0.15, 0.2) is 53.0 Å². The molecule has 0 spiro atoms. The molecule has 0 saturated carbocycles. The second-order valence-corrected chi connectivity index (χ2v) is 6.97. The van der Waals surface area contributed by atoms with Crippen LogP contribution in [0.25, 0.3) is 0 Å². The molecular formula is C20H21BrN2O2. The normalized spacial score (nSPS) is 14.5. The Labute approximate surface area is 156 Å². The number of nitrogens with zero attached hydrogens (tertiary/aromatic N) is 2. The van der Waals surface area contributed by atoms with Crippen LogP contribution >= 0.6 is 15.9 Å². The molecule has 0 bridgehead atoms. The first kappa shape index (κ1) is 17.7. The Bertz CT molecular complexity index is 766. The van der Waals surface area contributed by atoms with Crippen LogP contribution in [0.4, 0.5) is 0 Å². The average molecular weight is 401 g/mol. The van der Waals surface area contributed by atoms with Crippen molar-refractivity contribution >= 4 is 27.7 Å². The van der Waals surface area contributed by atoms with Crippen molar-refractivity contribution in [2.24, 2.45) is 0 Å². The number of halogens is 1. The quantitative estimate of drug-likeness (QED) is 0.789. The zero-order chi connectivity index (χ0) is 17.8. The van der Waals surface area contributed by atoms with Crippen molar-refractivity contribution in [2.45, 2.75) is 13.3 Å². The molecule has 1 heterocycles. The predicted octanol–water partition coefficient (Wildman–Crippen LogP) is 3.61. The zero-order valence-corrected chi connectivity index (χ0v) is 15.8. The molecule has 0 unspecified atom stereocenters. The van der Waals surface area contributed by atoms with E-state index in [1.807, 2.05) is 58.3 Å². The molecule has 1 aliphatic heterocycles. The van der Waals surface area contributed by atoms with E-state index in [1.54, 1.807) is 0 Å². The van der Waals surface area contributed by atoms with E-state index < -0.39 is 0 Å². The average Bonchev–Trinajstić information content (AvgIpc) is 2.67. The number of hydrogen-bond acceptors (Lipinski definition) is 2. The molecule has 0 radical (unpaired) electrons. The van der Waals surface area contributed by atoms with Gasteiger partial charge in [-0.3, -0.25) is 9.59 Å². The van der Waals surface area contributed by atoms with Crippen LogP contribution in [-0.4, -0.2) is 47.8 Å². The number of amides is 2. The Hall–Kier alpha value is -2.14. The van der Waals surface area contributed by atoms with E-state index in [0.29, 0.717) is 37.3 Å². The van der Waals surface area contributed by atoms with Gasteiger partial charge >= 0.3 is 0 Å². The van der Waals surface area contributed by atoms with Crippen molar-refractivity contribution in [3.8, 4) is 0 Å². The number of rotatable bonds is 3. The lowest BCUT2D eigenvalue weighted by atomic mass is 10.1. The van der Waals surface area contributed by atoms with Crippen LogP contribution in [0, 0.1) is 0 Å². The van der Waals surface area contributed by atoms with Gasteiger partial charge in [-0.1, -0.05) is 31.2 Å². The van der Waals surface area contributed by atoms with Crippen LogP contribution in [0.5, 0.6) is 0 Å². The maximum Gasteiger partial charge on any atom is 0.255 e. The van der Waals surface area contributed by atoms with Gasteiger partial charge < -0.3 is 9.80 Å². The number of piperazine rings is 1. The maximum absolute atomic E-state index is 12.6. The van der Waals surface area contributed by atoms with Gasteiger partial charge in [-0.2, -0.15) is 0 Å². The van der Waals surface area contributed by atoms with Gasteiger partial charge in [-0.25, -0.2) is 0 Å². The van der Waals surface area contributed by atoms with Gasteiger partial charge in [0.1, 0.15) is 0 Å². The number of carbonyl (C=O) groups excluding carboxylic acids is 2. The molecule has 2 aromatic rings. The fraction of sp³-hybridized carbons (Fsp3) is 0.300. The summed E-state index contributed by atoms with van der Waals surface area (Å²) in [7, 11) is 0. The highest BCUT2D eigenvalue weighted by Crippen LogP contribution is 2.19. The summed E-state index contributed by atoms with van der Waals surface area (Å²) in [5.74, 6) is 0.0440. The number of aryl methyl sites for hydroxylation is 1. The van der Waals surface area contributed by atoms with Crippen molar-refractivity contribution in [3.05, 3.63) is 69.7 Å². The molecule has 3 rings (SSSR count). The van der Waals surface area contributed by atoms with Gasteiger partial charge in [-0.05, 0) is 52.2 Å². The van der Waals surface area contributed by atoms with E-state index in [-0.39, 0.29) is 11.8 Å². The lowest BCUT2D eigenvalue weighted by Crippen LogP contribution is -2.50. The Balaban J connectivity index is 1.62. The van der Waals surface area contributed by atoms with E-state index in [1.165, 1.54) is 5.56 Å². The van der Waals surface area contributed by atoms with E-state index in [2.05, 4.69) is 22.9 Å². The standard InChI is InChI=1S/C20H21BrN2O2/c1-2-15-7-9-16(10-8-15)19(24)22-11-13-23(14-12-22)20(25)17-5-3-4-6-18(17)21/h3-10H,2,11-14H2,1H3. The van der Waals surface area contributed by atoms with Gasteiger partial charge in [0.05, 0.1) is 5.56 Å². The number of carbonyl (C=O) groups is 2. The van der Waals surface area contributed by atoms with E-state index in [4.69, 9.17) is 0 Å². The molecule has 0 atom stereocenters. The minimum absolute atomic E-state index is 0.00636. The smallest absolute Gasteiger partial charge is 0.255 e. The predicted molar refractivity (Wildman–Crippen MR) is 102 cm³/mol. The van der Waals surface area contributed by atoms with Gasteiger partial charge in [0.15, 0.2) is 0 Å². The summed E-state index contributed by atoms with van der Waals surface area (Å²) >= 11 is 3.43. The summed E-state index contributed by atoms with van der Waals surface area (Å²) in [5.41, 5.74) is 2.60. The van der Waals surface area contributed by atoms with E-state index in [0.717, 1.165) is 10.9 Å². The summed E-state index contributed by atoms with van der Waals surface area (Å²) < 4.78 is 0.800. The second kappa shape index (κ2) is 7.83. The Morgan fingerprint density at radius 2 is 1.44 bits per heavy atom. The van der Waals surface area contributed by atoms with Crippen LogP contribution in [0.2, 0.25) is 0 Å². The first-order chi connectivity index (χ1) is 12.1. The van der Waals surface area contributed by atoms with Crippen molar-refractivity contribution in [1.82, 2.24) is 9.80 Å². The Morgan fingerprint density at radius 3 is 2.00 bits per heavy atom. The monoisotopic (exact) mass is 400 g/mol. The topological polar surface area (TPSA) is 40.6 Å². The lowest BCUT2D eigenvalue weighted by Gasteiger charge is -2.35. The van der Waals surface area contributed by atoms with Gasteiger partial charge in [0.2, 0.25) is 0 Å². The van der Waals surface area contributed by atoms with Crippen LogP contribution in [0.3, 0.4) is 0 Å². The van der Waals surface area contributed by atoms with Crippen molar-refractivity contribution < 1.29 is 9.59 Å². The van der Waals surface area contributed by atoms with Gasteiger partial charge in [0.25, 0.3) is 11.8 Å². The summed E-state index contributed by atoms with van der Waals surface area (Å²) in [6.07, 6.45) is 0.963. The summed E-state index contributed by atoms with van der Waals surface area (Å²) in [6.45, 7) is 4.32. The molecular weight excluding hydrogens is 380 g/mol. The van der Waals surface area contributed by atoms with Crippen LogP contribution in [0.1, 0.15) is 33.2 Å². The van der Waals surface area contributed by atoms with Crippen molar-refractivity contribution in [3.63, 3.8) is 0 Å². The third-order valence-corrected chi connectivity index (χ3v) is 5.26. The molecule has 0 aromatic heterocycles. The van der Waals surface area contributed by atoms with E-state index >= 15 is 0 Å². The molecule has 2 aromatic carbocycles. The highest BCUT2D eigenvalue weighted by Gasteiger charge is 2.26. The van der Waals surface area contributed by atoms with Crippen molar-refractivity contribution in [1.29, 1.82) is 0 Å². The molecule has 0 aliphatic carbocycles. The zero-order valence-electron chi connectivity index (χ0n) is 14.2. The molecule has 0 N–H and O–H groups in total. The highest BCUT2D eigenvalue weighted by atomic mass is 79.9. The van der Waals surface area contributed by atoms with Crippen molar-refractivity contribution in [2.75, 3.05) is 26.2 Å². The molecule has 1 aliphatic rings. The van der Waals surface area contributed by atoms with Crippen LogP contribution in [-0.2, 0) is 6.42 Å². The minimum atomic E-state index is 0.00636. The fourth-order valence-electron chi connectivity index (χ4n) is 2.98. The Morgan fingerprint density at radius 1 is 0.880 bits per heavy atom. The van der Waals surface area contributed by atoms with Gasteiger partial charge in [0, 0.05) is 36.2 Å². The van der Waals surface area contributed by atoms with Crippen LogP contribution < -0.4 is 0 Å². The minimum Gasteiger partial charge on any atom is -0.335 e. The maximum atomic E-state index is 12.6. The Kier molecular flexibility index (Phi) is 5.53. The summed E-state index contributed by atoms with van der Waals surface area (Å²) in [6, 6.07) is 15.2. The fourth-order valence-corrected chi connectivity index (χ4v) is 3.44. The number of hydrogen-bond donors (Lipinski definition) is 0. The molecule has 5 heteroatoms. The molecule has 4 nitrogen and oxygen atoms in total. The number of benzene rings is 2. The largest absolute Gasteiger partial charge is 0.335 e. The summed E-state index contributed by atoms with van der Waals surface area (Å²) in [4.78, 5) is 28.9. The third-order valence-electron chi connectivity index (χ3n) is 4.57. The molecule has 25 heavy (non-hydrogen) atoms. The second-order valence-electron chi connectivity index (χ2n) is 6.11. The summed E-state index contributed by atoms with van der Waals surface area (Å²) in [5, 5.41) is 0. The molecule has 1 saturated heterocycles. The molecule has 2 amide bonds. The molecule has 1 fully saturated rings. The third kappa shape index (κ3) is 3.93. The van der Waals surface area contributed by atoms with E-state index in [9.17, 15) is 9.59 Å². The SMILES string of the molecule is CCc1ccc(C(=O)N2CCN(C(=O)c3ccccc3Br)CC2)cc1. The first-order valence-corrected chi connectivity index (χ1v) is 9.31. The first-order valence-electron chi connectivity index (χ1n) is 8.52. The lowest BCUT2D eigenvalue weighted by molar-refractivity contribution is 0.0535. The highest BCUT2D eigenvalue weighted by molar-refractivity contribution is 9.10. The molecule has 130 valence electrons.